The van der Waals surface area contributed by atoms with Gasteiger partial charge in [0, 0.05) is 25.6 Å². The lowest BCUT2D eigenvalue weighted by molar-refractivity contribution is -0.138. The van der Waals surface area contributed by atoms with Gasteiger partial charge >= 0.3 is 6.18 Å². The highest BCUT2D eigenvalue weighted by Crippen LogP contribution is 2.32. The van der Waals surface area contributed by atoms with Crippen molar-refractivity contribution in [1.82, 2.24) is 10.2 Å². The fourth-order valence-electron chi connectivity index (χ4n) is 3.96. The highest BCUT2D eigenvalue weighted by Gasteiger charge is 2.38. The van der Waals surface area contributed by atoms with Crippen molar-refractivity contribution in [2.24, 2.45) is 5.92 Å². The van der Waals surface area contributed by atoms with Crippen LogP contribution in [0, 0.1) is 5.92 Å². The molecule has 0 bridgehead atoms. The monoisotopic (exact) mass is 368 g/mol. The van der Waals surface area contributed by atoms with Crippen molar-refractivity contribution < 1.29 is 22.8 Å². The summed E-state index contributed by atoms with van der Waals surface area (Å²) in [6.07, 6.45) is 0.118. The van der Waals surface area contributed by atoms with Gasteiger partial charge in [-0.2, -0.15) is 13.2 Å². The molecule has 4 nitrogen and oxygen atoms in total. The standard InChI is InChI=1S/C19H23F3N2O2/c20-19(21,22)16-8-4-1-5-13(16)9-10-23-18(26)14-11-17(25)24(12-14)15-6-2-3-7-15/h1,4-5,8,14-15H,2-3,6-7,9-12H2,(H,23,26). The summed E-state index contributed by atoms with van der Waals surface area (Å²) in [7, 11) is 0. The lowest BCUT2D eigenvalue weighted by Crippen LogP contribution is -2.37. The molecule has 26 heavy (non-hydrogen) atoms. The third kappa shape index (κ3) is 4.19. The first-order valence-corrected chi connectivity index (χ1v) is 9.08. The maximum absolute atomic E-state index is 13.0. The van der Waals surface area contributed by atoms with Crippen molar-refractivity contribution in [3.63, 3.8) is 0 Å². The van der Waals surface area contributed by atoms with E-state index in [1.165, 1.54) is 12.1 Å². The predicted octanol–water partition coefficient (Wildman–Crippen LogP) is 3.16. The van der Waals surface area contributed by atoms with Crippen LogP contribution in [0.4, 0.5) is 13.2 Å². The molecule has 1 heterocycles. The Hall–Kier alpha value is -2.05. The molecular formula is C19H23F3N2O2. The second-order valence-electron chi connectivity index (χ2n) is 7.08. The van der Waals surface area contributed by atoms with Gasteiger partial charge in [-0.3, -0.25) is 9.59 Å². The minimum Gasteiger partial charge on any atom is -0.355 e. The maximum atomic E-state index is 13.0. The van der Waals surface area contributed by atoms with E-state index < -0.39 is 17.7 Å². The van der Waals surface area contributed by atoms with Gasteiger partial charge in [-0.15, -0.1) is 0 Å². The summed E-state index contributed by atoms with van der Waals surface area (Å²) in [4.78, 5) is 26.3. The summed E-state index contributed by atoms with van der Waals surface area (Å²) in [6.45, 7) is 0.550. The molecule has 142 valence electrons. The second-order valence-corrected chi connectivity index (χ2v) is 7.08. The number of carbonyl (C=O) groups excluding carboxylic acids is 2. The molecule has 2 fully saturated rings. The summed E-state index contributed by atoms with van der Waals surface area (Å²) >= 11 is 0. The van der Waals surface area contributed by atoms with E-state index >= 15 is 0 Å². The number of hydrogen-bond donors (Lipinski definition) is 1. The zero-order valence-corrected chi connectivity index (χ0v) is 14.5. The zero-order chi connectivity index (χ0) is 18.7. The number of carbonyl (C=O) groups is 2. The van der Waals surface area contributed by atoms with Crippen molar-refractivity contribution in [2.45, 2.75) is 50.7 Å². The van der Waals surface area contributed by atoms with Crippen LogP contribution < -0.4 is 5.32 Å². The van der Waals surface area contributed by atoms with Gasteiger partial charge in [0.15, 0.2) is 0 Å². The summed E-state index contributed by atoms with van der Waals surface area (Å²) in [5, 5.41) is 2.70. The molecule has 3 rings (SSSR count). The number of nitrogens with one attached hydrogen (secondary N) is 1. The first-order chi connectivity index (χ1) is 12.4. The topological polar surface area (TPSA) is 49.4 Å². The van der Waals surface area contributed by atoms with E-state index in [1.807, 2.05) is 4.90 Å². The van der Waals surface area contributed by atoms with Crippen LogP contribution >= 0.6 is 0 Å². The number of benzene rings is 1. The Labute approximate surface area is 150 Å². The number of nitrogens with zero attached hydrogens (tertiary/aromatic N) is 1. The highest BCUT2D eigenvalue weighted by molar-refractivity contribution is 5.89. The Balaban J connectivity index is 1.52. The van der Waals surface area contributed by atoms with Crippen LogP contribution in [0.2, 0.25) is 0 Å². The fourth-order valence-corrected chi connectivity index (χ4v) is 3.96. The quantitative estimate of drug-likeness (QED) is 0.868. The van der Waals surface area contributed by atoms with Gasteiger partial charge in [-0.1, -0.05) is 31.0 Å². The lowest BCUT2D eigenvalue weighted by Gasteiger charge is -2.23. The molecule has 1 aromatic rings. The van der Waals surface area contributed by atoms with Crippen LogP contribution in [0.5, 0.6) is 0 Å². The average molecular weight is 368 g/mol. The Kier molecular flexibility index (Phi) is 5.53. The van der Waals surface area contributed by atoms with Crippen molar-refractivity contribution in [3.05, 3.63) is 35.4 Å². The number of hydrogen-bond acceptors (Lipinski definition) is 2. The van der Waals surface area contributed by atoms with E-state index in [0.717, 1.165) is 31.7 Å². The summed E-state index contributed by atoms with van der Waals surface area (Å²) < 4.78 is 39.0. The normalized spacial score (nSPS) is 21.4. The molecule has 1 aliphatic carbocycles. The summed E-state index contributed by atoms with van der Waals surface area (Å²) in [5.41, 5.74) is -0.506. The van der Waals surface area contributed by atoms with Gasteiger partial charge < -0.3 is 10.2 Å². The molecule has 0 aromatic heterocycles. The minimum atomic E-state index is -4.40. The van der Waals surface area contributed by atoms with Crippen LogP contribution in [0.25, 0.3) is 0 Å². The smallest absolute Gasteiger partial charge is 0.355 e. The van der Waals surface area contributed by atoms with E-state index in [-0.39, 0.29) is 42.8 Å². The van der Waals surface area contributed by atoms with E-state index in [9.17, 15) is 22.8 Å². The number of amides is 2. The Bertz CT molecular complexity index is 669. The third-order valence-corrected chi connectivity index (χ3v) is 5.31. The van der Waals surface area contributed by atoms with Crippen LogP contribution in [-0.4, -0.2) is 35.8 Å². The first-order valence-electron chi connectivity index (χ1n) is 9.08. The van der Waals surface area contributed by atoms with Crippen LogP contribution in [0.3, 0.4) is 0 Å². The zero-order valence-electron chi connectivity index (χ0n) is 14.5. The van der Waals surface area contributed by atoms with E-state index in [1.54, 1.807) is 6.07 Å². The number of rotatable bonds is 5. The molecular weight excluding hydrogens is 345 g/mol. The van der Waals surface area contributed by atoms with Crippen molar-refractivity contribution in [2.75, 3.05) is 13.1 Å². The number of halogens is 3. The Morgan fingerprint density at radius 3 is 2.58 bits per heavy atom. The maximum Gasteiger partial charge on any atom is 0.416 e. The molecule has 1 aromatic carbocycles. The Morgan fingerprint density at radius 2 is 1.88 bits per heavy atom. The van der Waals surface area contributed by atoms with Crippen molar-refractivity contribution in [3.8, 4) is 0 Å². The molecule has 7 heteroatoms. The number of likely N-dealkylation sites (tertiary alicyclic amines) is 1. The molecule has 1 aliphatic heterocycles. The van der Waals surface area contributed by atoms with Gasteiger partial charge in [-0.05, 0) is 30.9 Å². The SMILES string of the molecule is O=C(NCCc1ccccc1C(F)(F)F)C1CC(=O)N(C2CCCC2)C1. The van der Waals surface area contributed by atoms with E-state index in [0.29, 0.717) is 6.54 Å². The van der Waals surface area contributed by atoms with Gasteiger partial charge in [0.05, 0.1) is 11.5 Å². The largest absolute Gasteiger partial charge is 0.416 e. The van der Waals surface area contributed by atoms with Crippen LogP contribution in [0.15, 0.2) is 24.3 Å². The molecule has 2 amide bonds. The number of alkyl halides is 3. The van der Waals surface area contributed by atoms with Crippen molar-refractivity contribution >= 4 is 11.8 Å². The molecule has 0 spiro atoms. The first kappa shape index (κ1) is 18.7. The van der Waals surface area contributed by atoms with Gasteiger partial charge in [-0.25, -0.2) is 0 Å². The van der Waals surface area contributed by atoms with Crippen LogP contribution in [-0.2, 0) is 22.2 Å². The summed E-state index contributed by atoms with van der Waals surface area (Å²) in [6, 6.07) is 5.63. The molecule has 1 saturated carbocycles. The highest BCUT2D eigenvalue weighted by atomic mass is 19.4. The van der Waals surface area contributed by atoms with E-state index in [4.69, 9.17) is 0 Å². The molecule has 2 aliphatic rings. The van der Waals surface area contributed by atoms with Gasteiger partial charge in [0.25, 0.3) is 0 Å². The molecule has 1 saturated heterocycles. The molecule has 0 radical (unpaired) electrons. The Morgan fingerprint density at radius 1 is 1.19 bits per heavy atom. The fraction of sp³-hybridized carbons (Fsp3) is 0.579. The van der Waals surface area contributed by atoms with E-state index in [2.05, 4.69) is 5.32 Å². The van der Waals surface area contributed by atoms with Gasteiger partial charge in [0.1, 0.15) is 0 Å². The average Bonchev–Trinajstić information content (AvgIpc) is 3.23. The summed E-state index contributed by atoms with van der Waals surface area (Å²) in [5.74, 6) is -0.635. The molecule has 1 unspecified atom stereocenters. The molecule has 1 N–H and O–H groups in total. The predicted molar refractivity (Wildman–Crippen MR) is 90.2 cm³/mol. The van der Waals surface area contributed by atoms with Crippen LogP contribution in [0.1, 0.15) is 43.2 Å². The second kappa shape index (κ2) is 7.68. The third-order valence-electron chi connectivity index (χ3n) is 5.31. The lowest BCUT2D eigenvalue weighted by atomic mass is 10.0. The van der Waals surface area contributed by atoms with Gasteiger partial charge in [0.2, 0.25) is 11.8 Å². The van der Waals surface area contributed by atoms with Crippen molar-refractivity contribution in [1.29, 1.82) is 0 Å². The minimum absolute atomic E-state index is 0.0134. The molecule has 1 atom stereocenters.